The fourth-order valence-corrected chi connectivity index (χ4v) is 1.41. The third-order valence-corrected chi connectivity index (χ3v) is 2.09. The summed E-state index contributed by atoms with van der Waals surface area (Å²) in [4.78, 5) is 10.8. The Labute approximate surface area is 96.3 Å². The van der Waals surface area contributed by atoms with Gasteiger partial charge in [-0.15, -0.1) is 0 Å². The largest absolute Gasteiger partial charge is 0.511 e. The summed E-state index contributed by atoms with van der Waals surface area (Å²) in [6, 6.07) is 0. The summed E-state index contributed by atoms with van der Waals surface area (Å²) < 4.78 is 50.9. The molecule has 1 aliphatic heterocycles. The van der Waals surface area contributed by atoms with Crippen molar-refractivity contribution in [1.29, 1.82) is 0 Å². The maximum absolute atomic E-state index is 12.9. The van der Waals surface area contributed by atoms with Gasteiger partial charge in [0.05, 0.1) is 0 Å². The van der Waals surface area contributed by atoms with Crippen LogP contribution in [0, 0.1) is 0 Å². The fourth-order valence-electron chi connectivity index (χ4n) is 1.41. The number of allylic oxidation sites excluding steroid dienone is 1. The van der Waals surface area contributed by atoms with E-state index in [1.165, 1.54) is 0 Å². The van der Waals surface area contributed by atoms with Gasteiger partial charge in [0.1, 0.15) is 12.4 Å². The van der Waals surface area contributed by atoms with Crippen LogP contribution in [0.2, 0.25) is 0 Å². The number of hydrogen-bond donors (Lipinski definition) is 0. The monoisotopic (exact) mass is 254 g/mol. The molecule has 1 atom stereocenters. The van der Waals surface area contributed by atoms with Crippen LogP contribution in [-0.2, 0) is 14.2 Å². The molecule has 1 rings (SSSR count). The third-order valence-electron chi connectivity index (χ3n) is 2.09. The van der Waals surface area contributed by atoms with Crippen LogP contribution >= 0.6 is 0 Å². The molecule has 0 radical (unpaired) electrons. The van der Waals surface area contributed by atoms with E-state index in [1.54, 1.807) is 0 Å². The summed E-state index contributed by atoms with van der Waals surface area (Å²) in [6.07, 6.45) is -2.74. The molecule has 0 aromatic rings. The molecule has 0 aliphatic carbocycles. The molecule has 1 saturated heterocycles. The molecule has 0 aromatic heterocycles. The summed E-state index contributed by atoms with van der Waals surface area (Å²) in [5.41, 5.74) is 0. The molecule has 1 aliphatic rings. The van der Waals surface area contributed by atoms with Crippen molar-refractivity contribution in [2.24, 2.45) is 0 Å². The molecular weight excluding hydrogens is 241 g/mol. The van der Waals surface area contributed by atoms with Gasteiger partial charge in [0, 0.05) is 12.5 Å². The highest BCUT2D eigenvalue weighted by Crippen LogP contribution is 2.27. The Morgan fingerprint density at radius 1 is 1.65 bits per heavy atom. The van der Waals surface area contributed by atoms with Crippen LogP contribution in [0.5, 0.6) is 0 Å². The molecule has 4 nitrogen and oxygen atoms in total. The molecule has 0 bridgehead atoms. The minimum Gasteiger partial charge on any atom is -0.427 e. The maximum Gasteiger partial charge on any atom is 0.511 e. The smallest absolute Gasteiger partial charge is 0.427 e. The van der Waals surface area contributed by atoms with Crippen molar-refractivity contribution in [3.05, 3.63) is 11.9 Å². The first-order chi connectivity index (χ1) is 7.97. The average Bonchev–Trinajstić information content (AvgIpc) is 2.58. The van der Waals surface area contributed by atoms with Gasteiger partial charge in [0.2, 0.25) is 0 Å². The topological polar surface area (TPSA) is 44.8 Å². The zero-order valence-electron chi connectivity index (χ0n) is 9.25. The van der Waals surface area contributed by atoms with Gasteiger partial charge in [-0.2, -0.15) is 0 Å². The number of cyclic esters (lactones) is 2. The van der Waals surface area contributed by atoms with Crippen LogP contribution < -0.4 is 0 Å². The van der Waals surface area contributed by atoms with Crippen molar-refractivity contribution < 1.29 is 32.2 Å². The van der Waals surface area contributed by atoms with Crippen molar-refractivity contribution in [2.75, 3.05) is 13.2 Å². The summed E-state index contributed by atoms with van der Waals surface area (Å²) in [6.45, 7) is 0.964. The maximum atomic E-state index is 12.9. The van der Waals surface area contributed by atoms with Crippen LogP contribution in [-0.4, -0.2) is 31.6 Å². The normalized spacial score (nSPS) is 25.0. The molecular formula is C10H13F3O4. The molecule has 1 fully saturated rings. The average molecular weight is 254 g/mol. The first kappa shape index (κ1) is 13.8. The van der Waals surface area contributed by atoms with E-state index in [0.717, 1.165) is 0 Å². The molecule has 0 N–H and O–H groups in total. The Kier molecular flexibility index (Phi) is 4.80. The standard InChI is InChI=1S/C10H13F3O4/c1-2-3-10(6-15-9(14)17-10)16-5-7(11)4-8(12)13/h4,8H,2-3,5-6H2,1H3/b7-4+. The van der Waals surface area contributed by atoms with Gasteiger partial charge in [-0.25, -0.2) is 18.0 Å². The van der Waals surface area contributed by atoms with Crippen LogP contribution in [0.1, 0.15) is 19.8 Å². The lowest BCUT2D eigenvalue weighted by Crippen LogP contribution is -2.35. The van der Waals surface area contributed by atoms with E-state index in [2.05, 4.69) is 4.74 Å². The SMILES string of the molecule is CCCC1(OC/C(F)=C\C(F)F)COC(=O)O1. The van der Waals surface area contributed by atoms with E-state index in [4.69, 9.17) is 9.47 Å². The second kappa shape index (κ2) is 5.90. The van der Waals surface area contributed by atoms with E-state index < -0.39 is 30.8 Å². The van der Waals surface area contributed by atoms with Gasteiger partial charge in [0.15, 0.2) is 6.61 Å². The second-order valence-electron chi connectivity index (χ2n) is 3.54. The zero-order chi connectivity index (χ0) is 12.9. The molecule has 0 aromatic carbocycles. The number of hydrogen-bond acceptors (Lipinski definition) is 4. The summed E-state index contributed by atoms with van der Waals surface area (Å²) in [5, 5.41) is 0. The van der Waals surface area contributed by atoms with Gasteiger partial charge >= 0.3 is 6.16 Å². The lowest BCUT2D eigenvalue weighted by atomic mass is 10.1. The second-order valence-corrected chi connectivity index (χ2v) is 3.54. The van der Waals surface area contributed by atoms with Crippen LogP contribution in [0.4, 0.5) is 18.0 Å². The fraction of sp³-hybridized carbons (Fsp3) is 0.700. The van der Waals surface area contributed by atoms with Crippen molar-refractivity contribution >= 4 is 6.16 Å². The lowest BCUT2D eigenvalue weighted by molar-refractivity contribution is -0.180. The number of halogens is 3. The van der Waals surface area contributed by atoms with Crippen LogP contribution in [0.25, 0.3) is 0 Å². The highest BCUT2D eigenvalue weighted by atomic mass is 19.3. The molecule has 0 spiro atoms. The highest BCUT2D eigenvalue weighted by Gasteiger charge is 2.43. The lowest BCUT2D eigenvalue weighted by Gasteiger charge is -2.24. The number of alkyl halides is 2. The van der Waals surface area contributed by atoms with E-state index >= 15 is 0 Å². The Bertz CT molecular complexity index is 306. The molecule has 98 valence electrons. The Morgan fingerprint density at radius 3 is 2.82 bits per heavy atom. The van der Waals surface area contributed by atoms with Crippen LogP contribution in [0.15, 0.2) is 11.9 Å². The van der Waals surface area contributed by atoms with Crippen molar-refractivity contribution in [3.63, 3.8) is 0 Å². The van der Waals surface area contributed by atoms with Crippen molar-refractivity contribution in [2.45, 2.75) is 32.0 Å². The third kappa shape index (κ3) is 4.26. The zero-order valence-corrected chi connectivity index (χ0v) is 9.25. The van der Waals surface area contributed by atoms with Gasteiger partial charge in [0.25, 0.3) is 12.2 Å². The van der Waals surface area contributed by atoms with Gasteiger partial charge in [-0.3, -0.25) is 0 Å². The number of carbonyl (C=O) groups excluding carboxylic acids is 1. The molecule has 7 heteroatoms. The number of ether oxygens (including phenoxy) is 3. The van der Waals surface area contributed by atoms with E-state index in [-0.39, 0.29) is 12.7 Å². The van der Waals surface area contributed by atoms with E-state index in [1.807, 2.05) is 6.92 Å². The summed E-state index contributed by atoms with van der Waals surface area (Å²) >= 11 is 0. The van der Waals surface area contributed by atoms with Gasteiger partial charge in [-0.05, 0) is 6.42 Å². The van der Waals surface area contributed by atoms with Gasteiger partial charge in [-0.1, -0.05) is 6.92 Å². The molecule has 1 unspecified atom stereocenters. The molecule has 17 heavy (non-hydrogen) atoms. The molecule has 1 heterocycles. The Morgan fingerprint density at radius 2 is 2.35 bits per heavy atom. The summed E-state index contributed by atoms with van der Waals surface area (Å²) in [7, 11) is 0. The van der Waals surface area contributed by atoms with E-state index in [9.17, 15) is 18.0 Å². The van der Waals surface area contributed by atoms with Crippen molar-refractivity contribution in [1.82, 2.24) is 0 Å². The van der Waals surface area contributed by atoms with Gasteiger partial charge < -0.3 is 14.2 Å². The Balaban J connectivity index is 2.54. The predicted octanol–water partition coefficient (Wildman–Crippen LogP) is 2.78. The predicted molar refractivity (Wildman–Crippen MR) is 51.2 cm³/mol. The highest BCUT2D eigenvalue weighted by molar-refractivity contribution is 5.62. The first-order valence-electron chi connectivity index (χ1n) is 5.11. The molecule has 0 amide bonds. The number of rotatable bonds is 6. The van der Waals surface area contributed by atoms with Crippen LogP contribution in [0.3, 0.4) is 0 Å². The summed E-state index contributed by atoms with van der Waals surface area (Å²) in [5.74, 6) is -2.47. The number of carbonyl (C=O) groups is 1. The quantitative estimate of drug-likeness (QED) is 0.684. The Hall–Kier alpha value is -1.24. The minimum atomic E-state index is -2.89. The molecule has 0 saturated carbocycles. The van der Waals surface area contributed by atoms with Crippen molar-refractivity contribution in [3.8, 4) is 0 Å². The van der Waals surface area contributed by atoms with E-state index in [0.29, 0.717) is 12.8 Å². The first-order valence-corrected chi connectivity index (χ1v) is 5.11. The minimum absolute atomic E-state index is 0.136.